The normalized spacial score (nSPS) is 22.3. The predicted octanol–water partition coefficient (Wildman–Crippen LogP) is 6.15. The van der Waals surface area contributed by atoms with Crippen LogP contribution in [0.15, 0.2) is 61.3 Å². The van der Waals surface area contributed by atoms with Crippen molar-refractivity contribution in [2.45, 2.75) is 37.0 Å². The molecule has 5 nitrogen and oxygen atoms in total. The van der Waals surface area contributed by atoms with Crippen LogP contribution in [0.1, 0.15) is 47.7 Å². The van der Waals surface area contributed by atoms with E-state index in [1.807, 2.05) is 12.2 Å². The Morgan fingerprint density at radius 3 is 2.60 bits per heavy atom. The second kappa shape index (κ2) is 8.30. The first-order valence-electron chi connectivity index (χ1n) is 11.5. The zero-order valence-corrected chi connectivity index (χ0v) is 19.3. The Hall–Kier alpha value is -3.52. The second-order valence-corrected chi connectivity index (χ2v) is 9.11. The van der Waals surface area contributed by atoms with Crippen LogP contribution in [0.2, 0.25) is 0 Å². The quantitative estimate of drug-likeness (QED) is 0.439. The highest BCUT2D eigenvalue weighted by Crippen LogP contribution is 2.58. The number of aromatic hydroxyl groups is 2. The van der Waals surface area contributed by atoms with Crippen LogP contribution in [-0.2, 0) is 18.8 Å². The van der Waals surface area contributed by atoms with Crippen LogP contribution in [0.25, 0.3) is 17.2 Å². The Labute approximate surface area is 201 Å². The van der Waals surface area contributed by atoms with E-state index in [2.05, 4.69) is 16.5 Å². The number of alkyl halides is 3. The maximum absolute atomic E-state index is 13.1. The zero-order chi connectivity index (χ0) is 25.0. The highest BCUT2D eigenvalue weighted by molar-refractivity contribution is 5.66. The van der Waals surface area contributed by atoms with Gasteiger partial charge in [0.15, 0.2) is 11.8 Å². The molecule has 0 aliphatic carbocycles. The third-order valence-electron chi connectivity index (χ3n) is 7.21. The number of benzene rings is 1. The predicted molar refractivity (Wildman–Crippen MR) is 128 cm³/mol. The molecule has 2 aromatic heterocycles. The molecule has 0 amide bonds. The molecule has 0 radical (unpaired) electrons. The van der Waals surface area contributed by atoms with Crippen molar-refractivity contribution in [1.29, 1.82) is 0 Å². The van der Waals surface area contributed by atoms with E-state index in [0.717, 1.165) is 43.5 Å². The topological polar surface area (TPSA) is 61.5 Å². The van der Waals surface area contributed by atoms with Crippen molar-refractivity contribution in [2.75, 3.05) is 6.54 Å². The van der Waals surface area contributed by atoms with Crippen molar-refractivity contribution in [3.63, 3.8) is 0 Å². The van der Waals surface area contributed by atoms with Crippen LogP contribution < -0.4 is 0 Å². The maximum atomic E-state index is 13.1. The summed E-state index contributed by atoms with van der Waals surface area (Å²) in [6, 6.07) is 8.62. The molecule has 3 aromatic rings. The van der Waals surface area contributed by atoms with Gasteiger partial charge in [-0.2, -0.15) is 13.2 Å². The molecule has 2 aliphatic rings. The minimum Gasteiger partial charge on any atom is -0.494 e. The molecule has 2 unspecified atom stereocenters. The Morgan fingerprint density at radius 2 is 1.91 bits per heavy atom. The zero-order valence-electron chi connectivity index (χ0n) is 19.3. The molecule has 1 aromatic carbocycles. The molecule has 5 rings (SSSR count). The van der Waals surface area contributed by atoms with E-state index >= 15 is 0 Å². The van der Waals surface area contributed by atoms with Gasteiger partial charge in [0.2, 0.25) is 0 Å². The third-order valence-corrected chi connectivity index (χ3v) is 7.21. The molecule has 2 atom stereocenters. The summed E-state index contributed by atoms with van der Waals surface area (Å²) in [7, 11) is 1.63. The van der Waals surface area contributed by atoms with Crippen molar-refractivity contribution < 1.29 is 23.4 Å². The average molecular weight is 482 g/mol. The maximum Gasteiger partial charge on any atom is 0.416 e. The van der Waals surface area contributed by atoms with Gasteiger partial charge in [0.05, 0.1) is 22.4 Å². The van der Waals surface area contributed by atoms with Crippen LogP contribution in [0, 0.1) is 0 Å². The first-order valence-corrected chi connectivity index (χ1v) is 11.5. The van der Waals surface area contributed by atoms with Crippen LogP contribution in [-0.4, -0.2) is 31.2 Å². The Morgan fingerprint density at radius 1 is 1.11 bits per heavy atom. The molecule has 182 valence electrons. The van der Waals surface area contributed by atoms with Gasteiger partial charge in [-0.1, -0.05) is 36.8 Å². The van der Waals surface area contributed by atoms with E-state index in [-0.39, 0.29) is 17.8 Å². The molecular formula is C27H26F3N3O2. The number of hydrogen-bond donors (Lipinski definition) is 2. The number of piperidine rings is 1. The molecule has 4 heterocycles. The number of aromatic nitrogens is 2. The van der Waals surface area contributed by atoms with Crippen molar-refractivity contribution in [1.82, 2.24) is 14.5 Å². The molecule has 2 aliphatic heterocycles. The van der Waals surface area contributed by atoms with Crippen LogP contribution >= 0.6 is 0 Å². The fourth-order valence-corrected chi connectivity index (χ4v) is 5.44. The minimum atomic E-state index is -4.41. The summed E-state index contributed by atoms with van der Waals surface area (Å²) in [6.07, 6.45) is 5.58. The van der Waals surface area contributed by atoms with Gasteiger partial charge in [0.1, 0.15) is 0 Å². The largest absolute Gasteiger partial charge is 0.494 e. The number of hydrogen-bond acceptors (Lipinski definition) is 4. The average Bonchev–Trinajstić information content (AvgIpc) is 3.28. The first-order chi connectivity index (χ1) is 16.7. The van der Waals surface area contributed by atoms with Crippen LogP contribution in [0.3, 0.4) is 0 Å². The summed E-state index contributed by atoms with van der Waals surface area (Å²) in [5, 5.41) is 21.6. The van der Waals surface area contributed by atoms with Crippen molar-refractivity contribution >= 4 is 6.08 Å². The van der Waals surface area contributed by atoms with E-state index in [4.69, 9.17) is 0 Å². The van der Waals surface area contributed by atoms with E-state index in [0.29, 0.717) is 22.4 Å². The van der Waals surface area contributed by atoms with E-state index < -0.39 is 17.3 Å². The SMILES string of the molecule is C=CC1(C=Cc2ccc(-c3cccc(C(F)(F)F)c3)cn2)c2c(c(O)n(C)c2O)C2CCCCN21. The highest BCUT2D eigenvalue weighted by Gasteiger charge is 2.52. The summed E-state index contributed by atoms with van der Waals surface area (Å²) in [6.45, 7) is 4.86. The van der Waals surface area contributed by atoms with Gasteiger partial charge in [-0.15, -0.1) is 6.58 Å². The lowest BCUT2D eigenvalue weighted by Crippen LogP contribution is -2.42. The van der Waals surface area contributed by atoms with Gasteiger partial charge in [-0.05, 0) is 42.7 Å². The Kier molecular flexibility index (Phi) is 5.51. The summed E-state index contributed by atoms with van der Waals surface area (Å²) >= 11 is 0. The minimum absolute atomic E-state index is 0.00398. The monoisotopic (exact) mass is 481 g/mol. The summed E-state index contributed by atoms with van der Waals surface area (Å²) < 4.78 is 40.6. The first kappa shape index (κ1) is 23.2. The van der Waals surface area contributed by atoms with Crippen molar-refractivity contribution in [3.05, 3.63) is 83.7 Å². The number of halogens is 3. The summed E-state index contributed by atoms with van der Waals surface area (Å²) in [4.78, 5) is 6.69. The molecule has 0 bridgehead atoms. The lowest BCUT2D eigenvalue weighted by molar-refractivity contribution is -0.137. The molecule has 1 saturated heterocycles. The van der Waals surface area contributed by atoms with Gasteiger partial charge in [-0.25, -0.2) is 0 Å². The number of rotatable bonds is 4. The van der Waals surface area contributed by atoms with Gasteiger partial charge in [0, 0.05) is 37.0 Å². The Bertz CT molecular complexity index is 1310. The lowest BCUT2D eigenvalue weighted by Gasteiger charge is -2.40. The summed E-state index contributed by atoms with van der Waals surface area (Å²) in [5.41, 5.74) is 1.49. The van der Waals surface area contributed by atoms with Gasteiger partial charge < -0.3 is 10.2 Å². The molecular weight excluding hydrogens is 455 g/mol. The second-order valence-electron chi connectivity index (χ2n) is 9.11. The standard InChI is InChI=1S/C27H26F3N3O2/c1-3-26(23-22(24(34)32(2)25(23)35)21-9-4-5-14-33(21)26)13-12-20-11-10-18(16-31-20)17-7-6-8-19(15-17)27(28,29)30/h3,6-8,10-13,15-16,21,34-35H,1,4-5,9,14H2,2H3. The number of pyridine rings is 1. The molecule has 2 N–H and O–H groups in total. The lowest BCUT2D eigenvalue weighted by atomic mass is 9.90. The van der Waals surface area contributed by atoms with E-state index in [1.54, 1.807) is 37.5 Å². The number of nitrogens with zero attached hydrogens (tertiary/aromatic N) is 3. The highest BCUT2D eigenvalue weighted by atomic mass is 19.4. The smallest absolute Gasteiger partial charge is 0.416 e. The van der Waals surface area contributed by atoms with E-state index in [1.165, 1.54) is 10.6 Å². The van der Waals surface area contributed by atoms with Gasteiger partial charge in [0.25, 0.3) is 0 Å². The van der Waals surface area contributed by atoms with Crippen LogP contribution in [0.5, 0.6) is 11.8 Å². The molecule has 8 heteroatoms. The van der Waals surface area contributed by atoms with Crippen molar-refractivity contribution in [2.24, 2.45) is 7.05 Å². The third kappa shape index (κ3) is 3.63. The van der Waals surface area contributed by atoms with Crippen molar-refractivity contribution in [3.8, 4) is 22.9 Å². The van der Waals surface area contributed by atoms with Gasteiger partial charge >= 0.3 is 6.18 Å². The molecule has 35 heavy (non-hydrogen) atoms. The molecule has 1 fully saturated rings. The van der Waals surface area contributed by atoms with E-state index in [9.17, 15) is 23.4 Å². The van der Waals surface area contributed by atoms with Gasteiger partial charge in [-0.3, -0.25) is 14.5 Å². The fraction of sp³-hybridized carbons (Fsp3) is 0.296. The Balaban J connectivity index is 1.50. The van der Waals surface area contributed by atoms with Crippen LogP contribution in [0.4, 0.5) is 13.2 Å². The molecule has 0 spiro atoms. The number of fused-ring (bicyclic) bond motifs is 3. The molecule has 0 saturated carbocycles. The fourth-order valence-electron chi connectivity index (χ4n) is 5.44. The summed E-state index contributed by atoms with van der Waals surface area (Å²) in [5.74, 6) is 0.0689.